The Morgan fingerprint density at radius 1 is 0.786 bits per heavy atom. The van der Waals surface area contributed by atoms with E-state index < -0.39 is 6.10 Å². The Bertz CT molecular complexity index is 819. The summed E-state index contributed by atoms with van der Waals surface area (Å²) in [5, 5.41) is 13.3. The Morgan fingerprint density at radius 2 is 1.39 bits per heavy atom. The fourth-order valence-corrected chi connectivity index (χ4v) is 2.57. The Balaban J connectivity index is 1.38. The molecule has 0 aromatic heterocycles. The molecule has 0 fully saturated rings. The van der Waals surface area contributed by atoms with Gasteiger partial charge >= 0.3 is 0 Å². The van der Waals surface area contributed by atoms with E-state index in [1.807, 2.05) is 78.9 Å². The number of rotatable bonds is 10. The lowest BCUT2D eigenvalue weighted by molar-refractivity contribution is 0.117. The second-order valence-electron chi connectivity index (χ2n) is 6.32. The van der Waals surface area contributed by atoms with Crippen LogP contribution in [0, 0.1) is 0 Å². The van der Waals surface area contributed by atoms with E-state index in [0.717, 1.165) is 22.7 Å². The largest absolute Gasteiger partial charge is 0.497 e. The van der Waals surface area contributed by atoms with E-state index in [2.05, 4.69) is 5.32 Å². The standard InChI is InChI=1S/C23H25NO4/c1-26-21-9-7-19(8-10-21)24-15-20(25)17-28-23-13-11-22(12-14-23)27-16-18-5-3-2-4-6-18/h2-14,20,24-25H,15-17H2,1H3. The molecule has 3 rings (SSSR count). The minimum absolute atomic E-state index is 0.202. The van der Waals surface area contributed by atoms with Gasteiger partial charge in [0.1, 0.15) is 36.6 Å². The molecule has 3 aromatic rings. The van der Waals surface area contributed by atoms with Crippen molar-refractivity contribution in [1.82, 2.24) is 0 Å². The summed E-state index contributed by atoms with van der Waals surface area (Å²) >= 11 is 0. The minimum Gasteiger partial charge on any atom is -0.497 e. The van der Waals surface area contributed by atoms with Crippen molar-refractivity contribution >= 4 is 5.69 Å². The van der Waals surface area contributed by atoms with Crippen molar-refractivity contribution in [2.24, 2.45) is 0 Å². The highest BCUT2D eigenvalue weighted by atomic mass is 16.5. The zero-order valence-corrected chi connectivity index (χ0v) is 15.9. The predicted octanol–water partition coefficient (Wildman–Crippen LogP) is 4.13. The topological polar surface area (TPSA) is 60.0 Å². The molecule has 0 saturated heterocycles. The first-order valence-corrected chi connectivity index (χ1v) is 9.18. The first kappa shape index (κ1) is 19.6. The normalized spacial score (nSPS) is 11.5. The summed E-state index contributed by atoms with van der Waals surface area (Å²) in [4.78, 5) is 0. The molecule has 28 heavy (non-hydrogen) atoms. The van der Waals surface area contributed by atoms with Crippen LogP contribution in [0.2, 0.25) is 0 Å². The van der Waals surface area contributed by atoms with Gasteiger partial charge < -0.3 is 24.6 Å². The SMILES string of the molecule is COc1ccc(NCC(O)COc2ccc(OCc3ccccc3)cc2)cc1. The first-order valence-electron chi connectivity index (χ1n) is 9.18. The third-order valence-electron chi connectivity index (χ3n) is 4.15. The molecule has 0 bridgehead atoms. The highest BCUT2D eigenvalue weighted by Crippen LogP contribution is 2.19. The Hall–Kier alpha value is -3.18. The lowest BCUT2D eigenvalue weighted by Gasteiger charge is -2.14. The van der Waals surface area contributed by atoms with Gasteiger partial charge in [-0.3, -0.25) is 0 Å². The van der Waals surface area contributed by atoms with Gasteiger partial charge in [0.05, 0.1) is 7.11 Å². The Morgan fingerprint density at radius 3 is 2.04 bits per heavy atom. The maximum absolute atomic E-state index is 10.1. The molecule has 0 radical (unpaired) electrons. The van der Waals surface area contributed by atoms with Gasteiger partial charge in [0.25, 0.3) is 0 Å². The molecule has 1 unspecified atom stereocenters. The van der Waals surface area contributed by atoms with Crippen molar-refractivity contribution in [3.63, 3.8) is 0 Å². The molecule has 5 nitrogen and oxygen atoms in total. The fourth-order valence-electron chi connectivity index (χ4n) is 2.57. The second-order valence-corrected chi connectivity index (χ2v) is 6.32. The number of ether oxygens (including phenoxy) is 3. The maximum Gasteiger partial charge on any atom is 0.120 e. The summed E-state index contributed by atoms with van der Waals surface area (Å²) in [6, 6.07) is 25.0. The number of aliphatic hydroxyl groups is 1. The van der Waals surface area contributed by atoms with Crippen LogP contribution < -0.4 is 19.5 Å². The van der Waals surface area contributed by atoms with E-state index in [9.17, 15) is 5.11 Å². The molecule has 3 aromatic carbocycles. The number of benzene rings is 3. The van der Waals surface area contributed by atoms with E-state index in [1.54, 1.807) is 7.11 Å². The number of methoxy groups -OCH3 is 1. The summed E-state index contributed by atoms with van der Waals surface area (Å²) in [6.07, 6.45) is -0.629. The summed E-state index contributed by atoms with van der Waals surface area (Å²) in [5.74, 6) is 2.26. The lowest BCUT2D eigenvalue weighted by Crippen LogP contribution is -2.26. The monoisotopic (exact) mass is 379 g/mol. The molecule has 1 atom stereocenters. The van der Waals surface area contributed by atoms with Gasteiger partial charge in [0.15, 0.2) is 0 Å². The van der Waals surface area contributed by atoms with Crippen molar-refractivity contribution in [2.45, 2.75) is 12.7 Å². The highest BCUT2D eigenvalue weighted by molar-refractivity contribution is 5.46. The number of aliphatic hydroxyl groups excluding tert-OH is 1. The van der Waals surface area contributed by atoms with Crippen LogP contribution in [0.25, 0.3) is 0 Å². The molecule has 0 aliphatic rings. The lowest BCUT2D eigenvalue weighted by atomic mass is 10.2. The maximum atomic E-state index is 10.1. The van der Waals surface area contributed by atoms with Crippen LogP contribution in [0.5, 0.6) is 17.2 Å². The van der Waals surface area contributed by atoms with Crippen molar-refractivity contribution in [3.8, 4) is 17.2 Å². The van der Waals surface area contributed by atoms with E-state index >= 15 is 0 Å². The number of anilines is 1. The fraction of sp³-hybridized carbons (Fsp3) is 0.217. The van der Waals surface area contributed by atoms with Crippen LogP contribution in [0.3, 0.4) is 0 Å². The third-order valence-corrected chi connectivity index (χ3v) is 4.15. The third kappa shape index (κ3) is 6.21. The molecule has 0 amide bonds. The average molecular weight is 379 g/mol. The molecule has 146 valence electrons. The van der Waals surface area contributed by atoms with Gasteiger partial charge in [0, 0.05) is 12.2 Å². The van der Waals surface area contributed by atoms with E-state index in [1.165, 1.54) is 0 Å². The van der Waals surface area contributed by atoms with Gasteiger partial charge in [0.2, 0.25) is 0 Å². The van der Waals surface area contributed by atoms with Crippen LogP contribution in [0.4, 0.5) is 5.69 Å². The zero-order chi connectivity index (χ0) is 19.6. The van der Waals surface area contributed by atoms with Crippen molar-refractivity contribution in [1.29, 1.82) is 0 Å². The first-order chi connectivity index (χ1) is 13.7. The molecule has 0 aliphatic heterocycles. The smallest absolute Gasteiger partial charge is 0.120 e. The zero-order valence-electron chi connectivity index (χ0n) is 15.9. The van der Waals surface area contributed by atoms with E-state index in [0.29, 0.717) is 18.9 Å². The summed E-state index contributed by atoms with van der Waals surface area (Å²) in [7, 11) is 1.63. The van der Waals surface area contributed by atoms with Crippen LogP contribution >= 0.6 is 0 Å². The molecule has 0 aliphatic carbocycles. The molecular weight excluding hydrogens is 354 g/mol. The quantitative estimate of drug-likeness (QED) is 0.555. The molecule has 5 heteroatoms. The van der Waals surface area contributed by atoms with Crippen LogP contribution in [-0.2, 0) is 6.61 Å². The molecule has 0 saturated carbocycles. The number of nitrogens with one attached hydrogen (secondary N) is 1. The number of hydrogen-bond acceptors (Lipinski definition) is 5. The van der Waals surface area contributed by atoms with Crippen LogP contribution in [0.15, 0.2) is 78.9 Å². The van der Waals surface area contributed by atoms with Crippen molar-refractivity contribution in [2.75, 3.05) is 25.6 Å². The van der Waals surface area contributed by atoms with Crippen molar-refractivity contribution < 1.29 is 19.3 Å². The van der Waals surface area contributed by atoms with Gasteiger partial charge in [-0.15, -0.1) is 0 Å². The summed E-state index contributed by atoms with van der Waals surface area (Å²) < 4.78 is 16.5. The van der Waals surface area contributed by atoms with Crippen LogP contribution in [0.1, 0.15) is 5.56 Å². The Kier molecular flexibility index (Phi) is 7.15. The summed E-state index contributed by atoms with van der Waals surface area (Å²) in [5.41, 5.74) is 2.04. The van der Waals surface area contributed by atoms with Gasteiger partial charge in [-0.05, 0) is 54.1 Å². The van der Waals surface area contributed by atoms with Crippen molar-refractivity contribution in [3.05, 3.63) is 84.4 Å². The van der Waals surface area contributed by atoms with Gasteiger partial charge in [-0.25, -0.2) is 0 Å². The molecule has 2 N–H and O–H groups in total. The van der Waals surface area contributed by atoms with Crippen LogP contribution in [-0.4, -0.2) is 31.5 Å². The summed E-state index contributed by atoms with van der Waals surface area (Å²) in [6.45, 7) is 1.12. The van der Waals surface area contributed by atoms with E-state index in [4.69, 9.17) is 14.2 Å². The predicted molar refractivity (Wildman–Crippen MR) is 110 cm³/mol. The van der Waals surface area contributed by atoms with E-state index in [-0.39, 0.29) is 6.61 Å². The highest BCUT2D eigenvalue weighted by Gasteiger charge is 2.06. The second kappa shape index (κ2) is 10.2. The minimum atomic E-state index is -0.629. The molecular formula is C23H25NO4. The Labute approximate surface area is 165 Å². The number of hydrogen-bond donors (Lipinski definition) is 2. The molecule has 0 spiro atoms. The molecule has 0 heterocycles. The van der Waals surface area contributed by atoms with Gasteiger partial charge in [-0.1, -0.05) is 30.3 Å². The van der Waals surface area contributed by atoms with Gasteiger partial charge in [-0.2, -0.15) is 0 Å². The average Bonchev–Trinajstić information content (AvgIpc) is 2.76.